The summed E-state index contributed by atoms with van der Waals surface area (Å²) < 4.78 is 2.56. The number of nitrogens with zero attached hydrogens (tertiary/aromatic N) is 2. The first-order chi connectivity index (χ1) is 19.7. The van der Waals surface area contributed by atoms with E-state index in [0.29, 0.717) is 5.92 Å². The molecule has 2 heteroatoms. The molecule has 6 rings (SSSR count). The third-order valence-corrected chi connectivity index (χ3v) is 9.38. The SMILES string of the molecule is CC(C)CC[N+]1=C(C=CC=C2N(C)c3ccc4ccccc4c3C2(C)Cc2ccccc2)C(C)(C)c2ccccc21. The standard InChI is InChI=1S/C39H43N2/c1-28(2)25-26-41-33-20-13-12-19-32(33)38(3,4)35(41)21-14-22-36-39(5,27-29-15-8-7-9-16-29)37-31-18-11-10-17-30(31)23-24-34(37)40(36)6/h7-24,28H,25-27H2,1-6H3/q+1. The third-order valence-electron chi connectivity index (χ3n) is 9.38. The molecule has 2 aliphatic heterocycles. The van der Waals surface area contributed by atoms with Crippen molar-refractivity contribution in [2.45, 2.75) is 58.3 Å². The van der Waals surface area contributed by atoms with E-state index in [1.165, 1.54) is 56.7 Å². The number of allylic oxidation sites excluding steroid dienone is 4. The van der Waals surface area contributed by atoms with E-state index in [4.69, 9.17) is 0 Å². The van der Waals surface area contributed by atoms with Gasteiger partial charge in [-0.25, -0.2) is 0 Å². The van der Waals surface area contributed by atoms with Gasteiger partial charge >= 0.3 is 0 Å². The zero-order valence-corrected chi connectivity index (χ0v) is 25.5. The number of para-hydroxylation sites is 1. The molecule has 0 fully saturated rings. The topological polar surface area (TPSA) is 6.25 Å². The molecule has 0 saturated carbocycles. The van der Waals surface area contributed by atoms with E-state index in [0.717, 1.165) is 13.0 Å². The van der Waals surface area contributed by atoms with Crippen molar-refractivity contribution in [3.63, 3.8) is 0 Å². The largest absolute Gasteiger partial charge is 0.347 e. The lowest BCUT2D eigenvalue weighted by molar-refractivity contribution is -0.439. The van der Waals surface area contributed by atoms with Crippen LogP contribution in [0.5, 0.6) is 0 Å². The van der Waals surface area contributed by atoms with Crippen molar-refractivity contribution in [2.24, 2.45) is 5.92 Å². The Hall–Kier alpha value is -3.91. The lowest BCUT2D eigenvalue weighted by atomic mass is 9.74. The van der Waals surface area contributed by atoms with Gasteiger partial charge in [0.2, 0.25) is 5.69 Å². The lowest BCUT2D eigenvalue weighted by Gasteiger charge is -2.29. The molecule has 0 aliphatic carbocycles. The van der Waals surface area contributed by atoms with Crippen molar-refractivity contribution in [2.75, 3.05) is 18.5 Å². The first-order valence-corrected chi connectivity index (χ1v) is 15.1. The van der Waals surface area contributed by atoms with Crippen LogP contribution in [0.4, 0.5) is 11.4 Å². The van der Waals surface area contributed by atoms with Gasteiger partial charge in [0.25, 0.3) is 0 Å². The zero-order chi connectivity index (χ0) is 28.8. The molecule has 2 aliphatic rings. The predicted octanol–water partition coefficient (Wildman–Crippen LogP) is 9.35. The summed E-state index contributed by atoms with van der Waals surface area (Å²) in [6, 6.07) is 33.4. The van der Waals surface area contributed by atoms with Gasteiger partial charge in [0.15, 0.2) is 5.71 Å². The summed E-state index contributed by atoms with van der Waals surface area (Å²) in [5.74, 6) is 0.664. The van der Waals surface area contributed by atoms with Crippen LogP contribution in [0.3, 0.4) is 0 Å². The van der Waals surface area contributed by atoms with Gasteiger partial charge in [-0.3, -0.25) is 0 Å². The molecule has 2 nitrogen and oxygen atoms in total. The van der Waals surface area contributed by atoms with E-state index < -0.39 is 0 Å². The fourth-order valence-electron chi connectivity index (χ4n) is 7.23. The summed E-state index contributed by atoms with van der Waals surface area (Å²) in [4.78, 5) is 2.42. The van der Waals surface area contributed by atoms with Gasteiger partial charge in [-0.15, -0.1) is 0 Å². The molecule has 0 bridgehead atoms. The van der Waals surface area contributed by atoms with Crippen LogP contribution in [-0.2, 0) is 17.3 Å². The molecule has 208 valence electrons. The monoisotopic (exact) mass is 539 g/mol. The van der Waals surface area contributed by atoms with E-state index in [-0.39, 0.29) is 10.8 Å². The average molecular weight is 540 g/mol. The van der Waals surface area contributed by atoms with Crippen molar-refractivity contribution in [1.82, 2.24) is 0 Å². The molecule has 0 amide bonds. The highest BCUT2D eigenvalue weighted by molar-refractivity contribution is 6.03. The van der Waals surface area contributed by atoms with Crippen LogP contribution in [0.15, 0.2) is 115 Å². The van der Waals surface area contributed by atoms with Crippen molar-refractivity contribution in [3.05, 3.63) is 132 Å². The number of anilines is 1. The van der Waals surface area contributed by atoms with Crippen LogP contribution in [0, 0.1) is 5.92 Å². The Labute approximate surface area is 246 Å². The quantitative estimate of drug-likeness (QED) is 0.212. The average Bonchev–Trinajstić information content (AvgIpc) is 3.31. The van der Waals surface area contributed by atoms with E-state index in [1.807, 2.05) is 0 Å². The summed E-state index contributed by atoms with van der Waals surface area (Å²) in [5.41, 5.74) is 9.39. The van der Waals surface area contributed by atoms with Gasteiger partial charge in [-0.05, 0) is 67.2 Å². The second-order valence-electron chi connectivity index (χ2n) is 13.0. The minimum Gasteiger partial charge on any atom is -0.347 e. The van der Waals surface area contributed by atoms with Crippen LogP contribution < -0.4 is 4.90 Å². The molecule has 1 unspecified atom stereocenters. The molecule has 0 saturated heterocycles. The van der Waals surface area contributed by atoms with E-state index in [1.54, 1.807) is 0 Å². The van der Waals surface area contributed by atoms with Gasteiger partial charge in [0, 0.05) is 48.0 Å². The maximum absolute atomic E-state index is 2.56. The van der Waals surface area contributed by atoms with Gasteiger partial charge in [-0.2, -0.15) is 4.58 Å². The Morgan fingerprint density at radius 3 is 2.32 bits per heavy atom. The highest BCUT2D eigenvalue weighted by atomic mass is 15.2. The minimum atomic E-state index is -0.160. The maximum Gasteiger partial charge on any atom is 0.209 e. The molecule has 0 aromatic heterocycles. The number of hydrogen-bond donors (Lipinski definition) is 0. The first-order valence-electron chi connectivity index (χ1n) is 15.1. The van der Waals surface area contributed by atoms with Gasteiger partial charge in [-0.1, -0.05) is 98.8 Å². The number of likely N-dealkylation sites (N-methyl/N-ethyl adjacent to an activating group) is 1. The molecule has 1 atom stereocenters. The van der Waals surface area contributed by atoms with E-state index in [9.17, 15) is 0 Å². The number of fused-ring (bicyclic) bond motifs is 4. The molecule has 0 spiro atoms. The molecule has 0 radical (unpaired) electrons. The number of rotatable bonds is 7. The van der Waals surface area contributed by atoms with Crippen molar-refractivity contribution in [1.29, 1.82) is 0 Å². The maximum atomic E-state index is 2.56. The Morgan fingerprint density at radius 2 is 1.54 bits per heavy atom. The summed E-state index contributed by atoms with van der Waals surface area (Å²) in [7, 11) is 2.24. The molecule has 41 heavy (non-hydrogen) atoms. The second kappa shape index (κ2) is 10.5. The highest BCUT2D eigenvalue weighted by Crippen LogP contribution is 2.52. The van der Waals surface area contributed by atoms with Crippen LogP contribution in [0.1, 0.15) is 57.7 Å². The van der Waals surface area contributed by atoms with E-state index in [2.05, 4.69) is 160 Å². The minimum absolute atomic E-state index is 0.0450. The summed E-state index contributed by atoms with van der Waals surface area (Å²) >= 11 is 0. The van der Waals surface area contributed by atoms with Crippen LogP contribution in [-0.4, -0.2) is 23.9 Å². The zero-order valence-electron chi connectivity index (χ0n) is 25.5. The van der Waals surface area contributed by atoms with Crippen LogP contribution in [0.25, 0.3) is 10.8 Å². The Bertz CT molecular complexity index is 1690. The molecule has 0 N–H and O–H groups in total. The Balaban J connectivity index is 1.47. The van der Waals surface area contributed by atoms with Crippen molar-refractivity contribution in [3.8, 4) is 0 Å². The Kier molecular flexibility index (Phi) is 6.98. The molecular formula is C39H43N2+. The Morgan fingerprint density at radius 1 is 0.829 bits per heavy atom. The number of benzene rings is 4. The highest BCUT2D eigenvalue weighted by Gasteiger charge is 2.45. The summed E-state index contributed by atoms with van der Waals surface area (Å²) in [5, 5.41) is 2.65. The van der Waals surface area contributed by atoms with Gasteiger partial charge in [0.05, 0.1) is 5.41 Å². The fourth-order valence-corrected chi connectivity index (χ4v) is 7.23. The number of hydrogen-bond acceptors (Lipinski definition) is 1. The molecular weight excluding hydrogens is 496 g/mol. The van der Waals surface area contributed by atoms with E-state index >= 15 is 0 Å². The molecule has 4 aromatic carbocycles. The second-order valence-corrected chi connectivity index (χ2v) is 13.0. The summed E-state index contributed by atoms with van der Waals surface area (Å²) in [6.45, 7) is 12.9. The lowest BCUT2D eigenvalue weighted by Crippen LogP contribution is -2.29. The molecule has 4 aromatic rings. The summed E-state index contributed by atoms with van der Waals surface area (Å²) in [6.07, 6.45) is 9.19. The fraction of sp³-hybridized carbons (Fsp3) is 0.308. The molecule has 2 heterocycles. The predicted molar refractivity (Wildman–Crippen MR) is 176 cm³/mol. The van der Waals surface area contributed by atoms with Gasteiger partial charge < -0.3 is 4.90 Å². The van der Waals surface area contributed by atoms with Crippen LogP contribution >= 0.6 is 0 Å². The van der Waals surface area contributed by atoms with Crippen molar-refractivity contribution >= 4 is 27.9 Å². The normalized spacial score (nSPS) is 20.6. The first kappa shape index (κ1) is 27.3. The van der Waals surface area contributed by atoms with Crippen molar-refractivity contribution < 1.29 is 4.58 Å². The van der Waals surface area contributed by atoms with Crippen LogP contribution in [0.2, 0.25) is 0 Å². The third kappa shape index (κ3) is 4.64. The smallest absolute Gasteiger partial charge is 0.209 e. The van der Waals surface area contributed by atoms with Gasteiger partial charge in [0.1, 0.15) is 6.54 Å².